The summed E-state index contributed by atoms with van der Waals surface area (Å²) in [5, 5.41) is 0.404. The Labute approximate surface area is 200 Å². The average molecular weight is 467 g/mol. The van der Waals surface area contributed by atoms with Crippen molar-refractivity contribution in [2.75, 3.05) is 60.6 Å². The first-order valence-electron chi connectivity index (χ1n) is 11.7. The first kappa shape index (κ1) is 24.1. The predicted molar refractivity (Wildman–Crippen MR) is 135 cm³/mol. The Hall–Kier alpha value is -3.03. The Morgan fingerprint density at radius 2 is 1.65 bits per heavy atom. The highest BCUT2D eigenvalue weighted by Crippen LogP contribution is 2.34. The lowest BCUT2D eigenvalue weighted by Gasteiger charge is -2.32. The minimum atomic E-state index is -0.157. The van der Waals surface area contributed by atoms with E-state index >= 15 is 0 Å². The molecule has 1 aromatic heterocycles. The van der Waals surface area contributed by atoms with Crippen LogP contribution >= 0.6 is 0 Å². The molecule has 0 aliphatic carbocycles. The molecule has 4 rings (SSSR count). The Morgan fingerprint density at radius 1 is 0.941 bits per heavy atom. The van der Waals surface area contributed by atoms with E-state index in [1.807, 2.05) is 26.0 Å². The molecule has 1 aliphatic rings. The molecule has 0 bridgehead atoms. The maximum Gasteiger partial charge on any atom is 0.197 e. The SMILES string of the molecule is COc1cc(OC)c2c(=O)cc(-c3cc(C)c(OCCCN4CCN(C)CC4)c(C)c3)oc2c1. The summed E-state index contributed by atoms with van der Waals surface area (Å²) in [4.78, 5) is 17.8. The van der Waals surface area contributed by atoms with Crippen LogP contribution in [0, 0.1) is 13.8 Å². The van der Waals surface area contributed by atoms with Gasteiger partial charge in [-0.15, -0.1) is 0 Å². The van der Waals surface area contributed by atoms with Gasteiger partial charge in [0.1, 0.15) is 34.0 Å². The van der Waals surface area contributed by atoms with Gasteiger partial charge in [0, 0.05) is 56.5 Å². The fourth-order valence-electron chi connectivity index (χ4n) is 4.50. The van der Waals surface area contributed by atoms with E-state index in [0.29, 0.717) is 34.8 Å². The Kier molecular flexibility index (Phi) is 7.44. The van der Waals surface area contributed by atoms with Crippen LogP contribution in [0.3, 0.4) is 0 Å². The molecule has 3 aromatic rings. The molecule has 0 radical (unpaired) electrons. The number of aryl methyl sites for hydroxylation is 2. The highest BCUT2D eigenvalue weighted by Gasteiger charge is 2.16. The van der Waals surface area contributed by atoms with Crippen LogP contribution in [0.2, 0.25) is 0 Å². The summed E-state index contributed by atoms with van der Waals surface area (Å²) >= 11 is 0. The monoisotopic (exact) mass is 466 g/mol. The number of hydrogen-bond acceptors (Lipinski definition) is 7. The maximum absolute atomic E-state index is 12.9. The molecule has 2 aromatic carbocycles. The lowest BCUT2D eigenvalue weighted by molar-refractivity contribution is 0.145. The van der Waals surface area contributed by atoms with Crippen LogP contribution in [0.15, 0.2) is 39.5 Å². The topological polar surface area (TPSA) is 64.4 Å². The van der Waals surface area contributed by atoms with Gasteiger partial charge in [-0.05, 0) is 50.6 Å². The summed E-state index contributed by atoms with van der Waals surface area (Å²) in [6.07, 6.45) is 0.994. The zero-order valence-electron chi connectivity index (χ0n) is 20.8. The molecule has 0 amide bonds. The molecule has 1 fully saturated rings. The van der Waals surface area contributed by atoms with Crippen LogP contribution in [0.1, 0.15) is 17.5 Å². The largest absolute Gasteiger partial charge is 0.496 e. The van der Waals surface area contributed by atoms with Gasteiger partial charge in [0.2, 0.25) is 0 Å². The van der Waals surface area contributed by atoms with Crippen molar-refractivity contribution >= 4 is 11.0 Å². The number of fused-ring (bicyclic) bond motifs is 1. The second-order valence-electron chi connectivity index (χ2n) is 8.96. The lowest BCUT2D eigenvalue weighted by atomic mass is 10.0. The second-order valence-corrected chi connectivity index (χ2v) is 8.96. The van der Waals surface area contributed by atoms with Crippen molar-refractivity contribution < 1.29 is 18.6 Å². The number of piperazine rings is 1. The summed E-state index contributed by atoms with van der Waals surface area (Å²) in [5.41, 5.74) is 3.13. The van der Waals surface area contributed by atoms with E-state index in [1.54, 1.807) is 19.2 Å². The van der Waals surface area contributed by atoms with E-state index in [4.69, 9.17) is 18.6 Å². The van der Waals surface area contributed by atoms with Crippen molar-refractivity contribution in [3.63, 3.8) is 0 Å². The molecule has 182 valence electrons. The molecule has 7 nitrogen and oxygen atoms in total. The number of ether oxygens (including phenoxy) is 3. The molecule has 7 heteroatoms. The third kappa shape index (κ3) is 5.21. The molecule has 0 N–H and O–H groups in total. The molecule has 2 heterocycles. The van der Waals surface area contributed by atoms with Crippen molar-refractivity contribution in [1.82, 2.24) is 9.80 Å². The van der Waals surface area contributed by atoms with Gasteiger partial charge in [-0.2, -0.15) is 0 Å². The first-order chi connectivity index (χ1) is 16.4. The van der Waals surface area contributed by atoms with Crippen molar-refractivity contribution in [1.29, 1.82) is 0 Å². The van der Waals surface area contributed by atoms with Gasteiger partial charge in [-0.25, -0.2) is 0 Å². The van der Waals surface area contributed by atoms with E-state index in [2.05, 4.69) is 16.8 Å². The summed E-state index contributed by atoms with van der Waals surface area (Å²) in [7, 11) is 5.27. The van der Waals surface area contributed by atoms with E-state index < -0.39 is 0 Å². The quantitative estimate of drug-likeness (QED) is 0.463. The van der Waals surface area contributed by atoms with Gasteiger partial charge in [-0.1, -0.05) is 0 Å². The zero-order valence-corrected chi connectivity index (χ0v) is 20.8. The lowest BCUT2D eigenvalue weighted by Crippen LogP contribution is -2.44. The molecular formula is C27H34N2O5. The normalized spacial score (nSPS) is 15.0. The molecule has 1 aliphatic heterocycles. The number of benzene rings is 2. The highest BCUT2D eigenvalue weighted by atomic mass is 16.5. The number of rotatable bonds is 8. The molecule has 34 heavy (non-hydrogen) atoms. The highest BCUT2D eigenvalue weighted by molar-refractivity contribution is 5.86. The van der Waals surface area contributed by atoms with Gasteiger partial charge in [0.25, 0.3) is 0 Å². The Morgan fingerprint density at radius 3 is 2.29 bits per heavy atom. The van der Waals surface area contributed by atoms with Crippen molar-refractivity contribution in [3.8, 4) is 28.6 Å². The average Bonchev–Trinajstić information content (AvgIpc) is 2.83. The zero-order chi connectivity index (χ0) is 24.2. The third-order valence-corrected chi connectivity index (χ3v) is 6.43. The van der Waals surface area contributed by atoms with Crippen LogP contribution in [-0.4, -0.2) is 70.4 Å². The summed E-state index contributed by atoms with van der Waals surface area (Å²) in [6, 6.07) is 8.92. The molecule has 0 atom stereocenters. The first-order valence-corrected chi connectivity index (χ1v) is 11.7. The molecular weight excluding hydrogens is 432 g/mol. The fraction of sp³-hybridized carbons (Fsp3) is 0.444. The minimum absolute atomic E-state index is 0.157. The van der Waals surface area contributed by atoms with Gasteiger partial charge in [0.05, 0.1) is 20.8 Å². The Bertz CT molecular complexity index is 1190. The van der Waals surface area contributed by atoms with Crippen LogP contribution in [0.4, 0.5) is 0 Å². The summed E-state index contributed by atoms with van der Waals surface area (Å²) in [5.74, 6) is 2.40. The standard InChI is InChI=1S/C27H34N2O5/c1-18-13-20(14-19(2)27(18)33-12-6-7-29-10-8-28(3)9-11-29)23-17-22(30)26-24(32-5)15-21(31-4)16-25(26)34-23/h13-17H,6-12H2,1-5H3. The van der Waals surface area contributed by atoms with E-state index in [0.717, 1.165) is 61.6 Å². The van der Waals surface area contributed by atoms with E-state index in [-0.39, 0.29) is 5.43 Å². The molecule has 0 spiro atoms. The number of methoxy groups -OCH3 is 2. The fourth-order valence-corrected chi connectivity index (χ4v) is 4.50. The molecule has 1 saturated heterocycles. The number of nitrogens with zero attached hydrogens (tertiary/aromatic N) is 2. The van der Waals surface area contributed by atoms with Gasteiger partial charge in [-0.3, -0.25) is 4.79 Å². The van der Waals surface area contributed by atoms with Crippen LogP contribution in [0.25, 0.3) is 22.3 Å². The maximum atomic E-state index is 12.9. The summed E-state index contributed by atoms with van der Waals surface area (Å²) in [6.45, 7) is 10.3. The number of likely N-dealkylation sites (N-methyl/N-ethyl adjacent to an activating group) is 1. The predicted octanol–water partition coefficient (Wildman–Crippen LogP) is 4.11. The summed E-state index contributed by atoms with van der Waals surface area (Å²) < 4.78 is 23.0. The van der Waals surface area contributed by atoms with Crippen molar-refractivity contribution in [2.24, 2.45) is 0 Å². The Balaban J connectivity index is 1.51. The van der Waals surface area contributed by atoms with Crippen molar-refractivity contribution in [3.05, 3.63) is 51.7 Å². The second kappa shape index (κ2) is 10.5. The third-order valence-electron chi connectivity index (χ3n) is 6.43. The van der Waals surface area contributed by atoms with Gasteiger partial charge >= 0.3 is 0 Å². The minimum Gasteiger partial charge on any atom is -0.496 e. The molecule has 0 saturated carbocycles. The van der Waals surface area contributed by atoms with Crippen LogP contribution < -0.4 is 19.6 Å². The smallest absolute Gasteiger partial charge is 0.197 e. The number of hydrogen-bond donors (Lipinski definition) is 0. The van der Waals surface area contributed by atoms with Crippen molar-refractivity contribution in [2.45, 2.75) is 20.3 Å². The van der Waals surface area contributed by atoms with Crippen LogP contribution in [0.5, 0.6) is 17.2 Å². The van der Waals surface area contributed by atoms with E-state index in [9.17, 15) is 4.79 Å². The van der Waals surface area contributed by atoms with Gasteiger partial charge < -0.3 is 28.4 Å². The van der Waals surface area contributed by atoms with E-state index in [1.165, 1.54) is 13.2 Å². The van der Waals surface area contributed by atoms with Crippen LogP contribution in [-0.2, 0) is 0 Å². The molecule has 0 unspecified atom stereocenters. The van der Waals surface area contributed by atoms with Gasteiger partial charge in [0.15, 0.2) is 5.43 Å².